The predicted molar refractivity (Wildman–Crippen MR) is 146 cm³/mol. The van der Waals surface area contributed by atoms with Crippen LogP contribution in [0.5, 0.6) is 5.75 Å². The van der Waals surface area contributed by atoms with Crippen molar-refractivity contribution in [1.29, 1.82) is 0 Å². The number of amides is 1. The SMILES string of the molecule is COc1ccc(N2CCN(CCCCc3c[nH]c4ccc(C(=O)O)cc34)CC2)cc1.O=C1CNCCN1. The first-order valence-corrected chi connectivity index (χ1v) is 13.0. The first-order valence-electron chi connectivity index (χ1n) is 13.0. The molecule has 2 aliphatic heterocycles. The molecule has 0 aliphatic carbocycles. The Hall–Kier alpha value is -3.56. The van der Waals surface area contributed by atoms with E-state index in [1.54, 1.807) is 19.2 Å². The highest BCUT2D eigenvalue weighted by molar-refractivity contribution is 5.94. The van der Waals surface area contributed by atoms with E-state index in [0.29, 0.717) is 12.1 Å². The molecular weight excluding hydrogens is 470 g/mol. The fourth-order valence-corrected chi connectivity index (χ4v) is 4.75. The number of hydrogen-bond acceptors (Lipinski definition) is 6. The Kier molecular flexibility index (Phi) is 9.40. The summed E-state index contributed by atoms with van der Waals surface area (Å²) >= 11 is 0. The van der Waals surface area contributed by atoms with Crippen LogP contribution in [0, 0.1) is 0 Å². The van der Waals surface area contributed by atoms with Gasteiger partial charge in [0.1, 0.15) is 5.75 Å². The van der Waals surface area contributed by atoms with Crippen LogP contribution < -0.4 is 20.3 Å². The second kappa shape index (κ2) is 13.1. The number of carboxylic acid groups (broad SMARTS) is 1. The topological polar surface area (TPSA) is 110 Å². The molecule has 0 spiro atoms. The van der Waals surface area contributed by atoms with Crippen LogP contribution in [0.3, 0.4) is 0 Å². The number of hydrogen-bond donors (Lipinski definition) is 4. The predicted octanol–water partition coefficient (Wildman–Crippen LogP) is 2.73. The first kappa shape index (κ1) is 26.5. The number of benzene rings is 2. The number of aromatic carboxylic acids is 1. The molecule has 4 N–H and O–H groups in total. The highest BCUT2D eigenvalue weighted by Crippen LogP contribution is 2.23. The smallest absolute Gasteiger partial charge is 0.335 e. The zero-order valence-corrected chi connectivity index (χ0v) is 21.5. The summed E-state index contributed by atoms with van der Waals surface area (Å²) < 4.78 is 5.24. The number of methoxy groups -OCH3 is 1. The molecule has 0 atom stereocenters. The lowest BCUT2D eigenvalue weighted by atomic mass is 10.0. The number of rotatable bonds is 8. The number of carbonyl (C=O) groups is 2. The Morgan fingerprint density at radius 1 is 1.03 bits per heavy atom. The van der Waals surface area contributed by atoms with Crippen molar-refractivity contribution in [3.05, 3.63) is 59.8 Å². The summed E-state index contributed by atoms with van der Waals surface area (Å²) in [7, 11) is 1.69. The molecule has 2 saturated heterocycles. The fourth-order valence-electron chi connectivity index (χ4n) is 4.75. The van der Waals surface area contributed by atoms with E-state index in [1.165, 1.54) is 11.3 Å². The van der Waals surface area contributed by atoms with Crippen LogP contribution in [0.2, 0.25) is 0 Å². The summed E-state index contributed by atoms with van der Waals surface area (Å²) in [6, 6.07) is 13.6. The van der Waals surface area contributed by atoms with Crippen LogP contribution in [0.1, 0.15) is 28.8 Å². The number of H-pyrrole nitrogens is 1. The molecule has 198 valence electrons. The van der Waals surface area contributed by atoms with E-state index in [2.05, 4.69) is 37.6 Å². The molecule has 0 radical (unpaired) electrons. The van der Waals surface area contributed by atoms with Crippen molar-refractivity contribution in [2.24, 2.45) is 0 Å². The Bertz CT molecular complexity index is 1160. The monoisotopic (exact) mass is 507 g/mol. The van der Waals surface area contributed by atoms with Gasteiger partial charge < -0.3 is 30.4 Å². The Balaban J connectivity index is 0.000000396. The van der Waals surface area contributed by atoms with Gasteiger partial charge in [0.25, 0.3) is 0 Å². The number of carbonyl (C=O) groups excluding carboxylic acids is 1. The van der Waals surface area contributed by atoms with Gasteiger partial charge in [-0.1, -0.05) is 0 Å². The van der Waals surface area contributed by atoms with Crippen molar-refractivity contribution in [2.75, 3.05) is 64.4 Å². The number of nitrogens with zero attached hydrogens (tertiary/aromatic N) is 2. The molecule has 2 fully saturated rings. The number of aromatic amines is 1. The maximum Gasteiger partial charge on any atom is 0.335 e. The Morgan fingerprint density at radius 2 is 1.81 bits per heavy atom. The van der Waals surface area contributed by atoms with Gasteiger partial charge in [-0.05, 0) is 73.8 Å². The molecule has 2 aliphatic rings. The molecule has 5 rings (SSSR count). The van der Waals surface area contributed by atoms with Crippen LogP contribution in [-0.2, 0) is 11.2 Å². The molecule has 1 amide bonds. The maximum atomic E-state index is 11.2. The van der Waals surface area contributed by atoms with E-state index < -0.39 is 5.97 Å². The minimum Gasteiger partial charge on any atom is -0.497 e. The molecule has 37 heavy (non-hydrogen) atoms. The standard InChI is InChI=1S/C24H29N3O3.C4H8N2O/c1-30-21-8-6-20(7-9-21)27-14-12-26(13-15-27)11-3-2-4-19-17-25-23-10-5-18(24(28)29)16-22(19)23;7-4-3-5-1-2-6-4/h5-10,16-17,25H,2-4,11-15H2,1H3,(H,28,29);5H,1-3H2,(H,6,7). The summed E-state index contributed by atoms with van der Waals surface area (Å²) in [5.41, 5.74) is 3.82. The normalized spacial score (nSPS) is 16.1. The van der Waals surface area contributed by atoms with Gasteiger partial charge in [0.2, 0.25) is 5.91 Å². The molecule has 9 heteroatoms. The second-order valence-electron chi connectivity index (χ2n) is 9.39. The second-order valence-corrected chi connectivity index (χ2v) is 9.39. The van der Waals surface area contributed by atoms with Crippen molar-refractivity contribution < 1.29 is 19.4 Å². The average Bonchev–Trinajstić information content (AvgIpc) is 3.34. The number of carboxylic acids is 1. The van der Waals surface area contributed by atoms with Crippen molar-refractivity contribution >= 4 is 28.5 Å². The van der Waals surface area contributed by atoms with Crippen LogP contribution in [-0.4, -0.2) is 86.3 Å². The molecule has 2 aromatic carbocycles. The van der Waals surface area contributed by atoms with Crippen LogP contribution in [0.15, 0.2) is 48.7 Å². The first-order chi connectivity index (χ1) is 18.0. The van der Waals surface area contributed by atoms with E-state index in [9.17, 15) is 14.7 Å². The van der Waals surface area contributed by atoms with Gasteiger partial charge >= 0.3 is 5.97 Å². The zero-order chi connectivity index (χ0) is 26.0. The lowest BCUT2D eigenvalue weighted by molar-refractivity contribution is -0.121. The number of fused-ring (bicyclic) bond motifs is 1. The van der Waals surface area contributed by atoms with Gasteiger partial charge in [0.15, 0.2) is 0 Å². The quantitative estimate of drug-likeness (QED) is 0.347. The third kappa shape index (κ3) is 7.47. The van der Waals surface area contributed by atoms with Crippen LogP contribution in [0.25, 0.3) is 10.9 Å². The molecule has 0 bridgehead atoms. The van der Waals surface area contributed by atoms with Gasteiger partial charge in [-0.3, -0.25) is 9.69 Å². The molecule has 0 saturated carbocycles. The van der Waals surface area contributed by atoms with Gasteiger partial charge in [0, 0.05) is 62.1 Å². The summed E-state index contributed by atoms with van der Waals surface area (Å²) in [4.78, 5) is 29.7. The summed E-state index contributed by atoms with van der Waals surface area (Å²) in [5, 5.41) is 15.9. The van der Waals surface area contributed by atoms with E-state index in [0.717, 1.165) is 81.7 Å². The molecule has 1 aromatic heterocycles. The minimum absolute atomic E-state index is 0.103. The molecule has 3 heterocycles. The number of aromatic nitrogens is 1. The highest BCUT2D eigenvalue weighted by Gasteiger charge is 2.17. The van der Waals surface area contributed by atoms with Crippen molar-refractivity contribution in [1.82, 2.24) is 20.5 Å². The Morgan fingerprint density at radius 3 is 2.43 bits per heavy atom. The van der Waals surface area contributed by atoms with Gasteiger partial charge in [0.05, 0.1) is 19.2 Å². The maximum absolute atomic E-state index is 11.2. The number of unbranched alkanes of at least 4 members (excludes halogenated alkanes) is 1. The van der Waals surface area contributed by atoms with Crippen LogP contribution >= 0.6 is 0 Å². The largest absolute Gasteiger partial charge is 0.497 e. The van der Waals surface area contributed by atoms with E-state index >= 15 is 0 Å². The van der Waals surface area contributed by atoms with E-state index in [-0.39, 0.29) is 5.91 Å². The van der Waals surface area contributed by atoms with Gasteiger partial charge in [-0.2, -0.15) is 0 Å². The summed E-state index contributed by atoms with van der Waals surface area (Å²) in [5.74, 6) is 0.121. The number of anilines is 1. The van der Waals surface area contributed by atoms with E-state index in [1.807, 2.05) is 24.4 Å². The average molecular weight is 508 g/mol. The van der Waals surface area contributed by atoms with Gasteiger partial charge in [-0.25, -0.2) is 4.79 Å². The summed E-state index contributed by atoms with van der Waals surface area (Å²) in [6.07, 6.45) is 5.23. The highest BCUT2D eigenvalue weighted by atomic mass is 16.5. The lowest BCUT2D eigenvalue weighted by Gasteiger charge is -2.36. The van der Waals surface area contributed by atoms with E-state index in [4.69, 9.17) is 4.74 Å². The van der Waals surface area contributed by atoms with Gasteiger partial charge in [-0.15, -0.1) is 0 Å². The van der Waals surface area contributed by atoms with Crippen molar-refractivity contribution in [3.8, 4) is 5.75 Å². The summed E-state index contributed by atoms with van der Waals surface area (Å²) in [6.45, 7) is 7.55. The molecule has 0 unspecified atom stereocenters. The van der Waals surface area contributed by atoms with Crippen molar-refractivity contribution in [3.63, 3.8) is 0 Å². The molecule has 9 nitrogen and oxygen atoms in total. The zero-order valence-electron chi connectivity index (χ0n) is 21.5. The third-order valence-corrected chi connectivity index (χ3v) is 6.90. The number of nitrogens with one attached hydrogen (secondary N) is 3. The van der Waals surface area contributed by atoms with Crippen LogP contribution in [0.4, 0.5) is 5.69 Å². The molecular formula is C28H37N5O4. The number of piperazine rings is 2. The lowest BCUT2D eigenvalue weighted by Crippen LogP contribution is -2.46. The fraction of sp³-hybridized carbons (Fsp3) is 0.429. The Labute approximate surface area is 217 Å². The number of aryl methyl sites for hydroxylation is 1. The minimum atomic E-state index is -0.877. The number of ether oxygens (including phenoxy) is 1. The third-order valence-electron chi connectivity index (χ3n) is 6.90. The van der Waals surface area contributed by atoms with Crippen molar-refractivity contribution in [2.45, 2.75) is 19.3 Å². The molecule has 3 aromatic rings.